The van der Waals surface area contributed by atoms with Crippen molar-refractivity contribution in [3.8, 4) is 0 Å². The topological polar surface area (TPSA) is 34.1 Å². The summed E-state index contributed by atoms with van der Waals surface area (Å²) in [5, 5.41) is 0. The van der Waals surface area contributed by atoms with Gasteiger partial charge in [-0.25, -0.2) is 0 Å². The summed E-state index contributed by atoms with van der Waals surface area (Å²) in [6.07, 6.45) is 10.9. The molecular formula is C19H28O2. The van der Waals surface area contributed by atoms with E-state index in [9.17, 15) is 9.59 Å². The van der Waals surface area contributed by atoms with Crippen molar-refractivity contribution in [1.82, 2.24) is 0 Å². The van der Waals surface area contributed by atoms with E-state index in [4.69, 9.17) is 0 Å². The summed E-state index contributed by atoms with van der Waals surface area (Å²) in [4.78, 5) is 24.3. The Hall–Kier alpha value is -0.660. The number of fused-ring (bicyclic) bond motifs is 5. The van der Waals surface area contributed by atoms with Crippen LogP contribution >= 0.6 is 0 Å². The second kappa shape index (κ2) is 4.93. The summed E-state index contributed by atoms with van der Waals surface area (Å²) in [5.41, 5.74) is 0.00848. The molecule has 0 heterocycles. The van der Waals surface area contributed by atoms with Crippen molar-refractivity contribution in [3.05, 3.63) is 0 Å². The first-order chi connectivity index (χ1) is 10.1. The highest BCUT2D eigenvalue weighted by Gasteiger charge is 2.56. The minimum Gasteiger partial charge on any atom is -0.300 e. The van der Waals surface area contributed by atoms with Gasteiger partial charge in [0.1, 0.15) is 11.6 Å². The summed E-state index contributed by atoms with van der Waals surface area (Å²) in [7, 11) is 0. The van der Waals surface area contributed by atoms with E-state index in [1.807, 2.05) is 0 Å². The lowest BCUT2D eigenvalue weighted by atomic mass is 9.52. The molecular weight excluding hydrogens is 260 g/mol. The van der Waals surface area contributed by atoms with Gasteiger partial charge in [-0.2, -0.15) is 0 Å². The quantitative estimate of drug-likeness (QED) is 0.670. The molecule has 0 unspecified atom stereocenters. The van der Waals surface area contributed by atoms with Crippen LogP contribution in [0.15, 0.2) is 0 Å². The van der Waals surface area contributed by atoms with Gasteiger partial charge in [0.15, 0.2) is 0 Å². The molecule has 0 aromatic rings. The predicted molar refractivity (Wildman–Crippen MR) is 81.7 cm³/mol. The van der Waals surface area contributed by atoms with Crippen molar-refractivity contribution in [3.63, 3.8) is 0 Å². The number of Topliss-reactive ketones (excluding diaryl/α,β-unsaturated/α-hetero) is 2. The Labute approximate surface area is 128 Å². The lowest BCUT2D eigenvalue weighted by molar-refractivity contribution is -0.132. The number of ketones is 2. The Morgan fingerprint density at radius 1 is 0.905 bits per heavy atom. The molecule has 116 valence electrons. The zero-order chi connectivity index (χ0) is 14.6. The maximum atomic E-state index is 12.3. The highest BCUT2D eigenvalue weighted by Crippen LogP contribution is 2.60. The molecule has 0 aromatic heterocycles. The van der Waals surface area contributed by atoms with Gasteiger partial charge in [0.25, 0.3) is 0 Å². The number of carbonyl (C=O) groups excluding carboxylic acids is 2. The molecule has 0 spiro atoms. The van der Waals surface area contributed by atoms with Gasteiger partial charge < -0.3 is 0 Å². The molecule has 6 atom stereocenters. The Bertz CT molecular complexity index is 468. The number of rotatable bonds is 0. The van der Waals surface area contributed by atoms with E-state index < -0.39 is 0 Å². The van der Waals surface area contributed by atoms with E-state index in [-0.39, 0.29) is 5.41 Å². The van der Waals surface area contributed by atoms with Gasteiger partial charge >= 0.3 is 0 Å². The highest BCUT2D eigenvalue weighted by molar-refractivity contribution is 5.87. The third-order valence-electron chi connectivity index (χ3n) is 7.71. The molecule has 21 heavy (non-hydrogen) atoms. The molecule has 0 N–H and O–H groups in total. The van der Waals surface area contributed by atoms with Crippen LogP contribution in [0.2, 0.25) is 0 Å². The van der Waals surface area contributed by atoms with Crippen LogP contribution in [0, 0.1) is 35.0 Å². The zero-order valence-corrected chi connectivity index (χ0v) is 13.3. The van der Waals surface area contributed by atoms with Crippen molar-refractivity contribution in [2.24, 2.45) is 35.0 Å². The fourth-order valence-corrected chi connectivity index (χ4v) is 6.64. The first kappa shape index (κ1) is 14.0. The van der Waals surface area contributed by atoms with Crippen molar-refractivity contribution in [1.29, 1.82) is 0 Å². The Balaban J connectivity index is 1.59. The van der Waals surface area contributed by atoms with Gasteiger partial charge in [-0.3, -0.25) is 9.59 Å². The molecule has 0 bridgehead atoms. The van der Waals surface area contributed by atoms with Gasteiger partial charge in [0, 0.05) is 24.7 Å². The third-order valence-corrected chi connectivity index (χ3v) is 7.71. The Kier molecular flexibility index (Phi) is 3.28. The molecule has 4 aliphatic carbocycles. The third kappa shape index (κ3) is 2.04. The zero-order valence-electron chi connectivity index (χ0n) is 13.3. The molecule has 4 rings (SSSR count). The van der Waals surface area contributed by atoms with Crippen LogP contribution in [0.1, 0.15) is 71.1 Å². The molecule has 0 radical (unpaired) electrons. The van der Waals surface area contributed by atoms with Crippen molar-refractivity contribution in [2.45, 2.75) is 71.1 Å². The molecule has 4 saturated carbocycles. The van der Waals surface area contributed by atoms with Crippen LogP contribution in [0.5, 0.6) is 0 Å². The van der Waals surface area contributed by atoms with Crippen molar-refractivity contribution < 1.29 is 9.59 Å². The normalized spacial score (nSPS) is 50.0. The predicted octanol–water partition coefficient (Wildman–Crippen LogP) is 4.17. The molecule has 4 aliphatic rings. The van der Waals surface area contributed by atoms with E-state index in [1.54, 1.807) is 0 Å². The van der Waals surface area contributed by atoms with Crippen LogP contribution in [-0.4, -0.2) is 11.6 Å². The fraction of sp³-hybridized carbons (Fsp3) is 0.895. The largest absolute Gasteiger partial charge is 0.300 e. The maximum absolute atomic E-state index is 12.3. The minimum absolute atomic E-state index is 0.00848. The summed E-state index contributed by atoms with van der Waals surface area (Å²) in [6, 6.07) is 0. The summed E-state index contributed by atoms with van der Waals surface area (Å²) >= 11 is 0. The van der Waals surface area contributed by atoms with Crippen molar-refractivity contribution in [2.75, 3.05) is 0 Å². The van der Waals surface area contributed by atoms with E-state index in [0.29, 0.717) is 23.4 Å². The molecule has 2 heteroatoms. The van der Waals surface area contributed by atoms with Crippen LogP contribution in [0.25, 0.3) is 0 Å². The maximum Gasteiger partial charge on any atom is 0.139 e. The van der Waals surface area contributed by atoms with Gasteiger partial charge in [-0.05, 0) is 74.5 Å². The van der Waals surface area contributed by atoms with Crippen molar-refractivity contribution >= 4 is 11.6 Å². The van der Waals surface area contributed by atoms with Crippen LogP contribution in [-0.2, 0) is 9.59 Å². The SMILES string of the molecule is C[C@]12CC[C@H]3[C@@H](CC[C@H]4CC(=O)CCC[C@@H]43)[C@@H]1CCC2=O. The average Bonchev–Trinajstić information content (AvgIpc) is 2.65. The Morgan fingerprint density at radius 2 is 1.76 bits per heavy atom. The Morgan fingerprint density at radius 3 is 2.62 bits per heavy atom. The monoisotopic (exact) mass is 288 g/mol. The number of hydrogen-bond donors (Lipinski definition) is 0. The second-order valence-corrected chi connectivity index (χ2v) is 8.49. The highest BCUT2D eigenvalue weighted by atomic mass is 16.1. The molecule has 0 aromatic carbocycles. The average molecular weight is 288 g/mol. The molecule has 0 aliphatic heterocycles. The van der Waals surface area contributed by atoms with Crippen LogP contribution < -0.4 is 0 Å². The lowest BCUT2D eigenvalue weighted by Gasteiger charge is -2.52. The van der Waals surface area contributed by atoms with E-state index in [2.05, 4.69) is 6.92 Å². The lowest BCUT2D eigenvalue weighted by Crippen LogP contribution is -2.47. The van der Waals surface area contributed by atoms with Gasteiger partial charge in [0.2, 0.25) is 0 Å². The van der Waals surface area contributed by atoms with E-state index in [0.717, 1.165) is 56.3 Å². The van der Waals surface area contributed by atoms with Crippen LogP contribution in [0.4, 0.5) is 0 Å². The van der Waals surface area contributed by atoms with Crippen LogP contribution in [0.3, 0.4) is 0 Å². The summed E-state index contributed by atoms with van der Waals surface area (Å²) in [6.45, 7) is 2.26. The standard InChI is InChI=1S/C19H28O2/c1-19-10-9-15-14-4-2-3-13(20)11-12(14)5-6-16(15)17(19)7-8-18(19)21/h12,14-17H,2-11H2,1H3/t12-,14-,15+,16+,17-,19-/m0/s1. The van der Waals surface area contributed by atoms with Gasteiger partial charge in [-0.15, -0.1) is 0 Å². The minimum atomic E-state index is 0.00848. The molecule has 0 saturated heterocycles. The molecule has 0 amide bonds. The van der Waals surface area contributed by atoms with Gasteiger partial charge in [-0.1, -0.05) is 6.92 Å². The smallest absolute Gasteiger partial charge is 0.139 e. The first-order valence-corrected chi connectivity index (χ1v) is 9.14. The van der Waals surface area contributed by atoms with Gasteiger partial charge in [0.05, 0.1) is 0 Å². The number of hydrogen-bond acceptors (Lipinski definition) is 2. The number of carbonyl (C=O) groups is 2. The summed E-state index contributed by atoms with van der Waals surface area (Å²) < 4.78 is 0. The summed E-state index contributed by atoms with van der Waals surface area (Å²) in [5.74, 6) is 4.77. The fourth-order valence-electron chi connectivity index (χ4n) is 6.64. The first-order valence-electron chi connectivity index (χ1n) is 9.14. The second-order valence-electron chi connectivity index (χ2n) is 8.49. The van der Waals surface area contributed by atoms with E-state index in [1.165, 1.54) is 25.7 Å². The molecule has 2 nitrogen and oxygen atoms in total. The van der Waals surface area contributed by atoms with E-state index >= 15 is 0 Å². The molecule has 4 fully saturated rings.